The molecule has 0 N–H and O–H groups in total. The zero-order valence-corrected chi connectivity index (χ0v) is 15.2. The summed E-state index contributed by atoms with van der Waals surface area (Å²) in [5, 5.41) is 11.1. The van der Waals surface area contributed by atoms with E-state index in [1.807, 2.05) is 38.7 Å². The average Bonchev–Trinajstić information content (AvgIpc) is 2.52. The number of aryl methyl sites for hydroxylation is 1. The fourth-order valence-electron chi connectivity index (χ4n) is 3.66. The van der Waals surface area contributed by atoms with Gasteiger partial charge in [0.05, 0.1) is 17.0 Å². The van der Waals surface area contributed by atoms with Crippen molar-refractivity contribution in [2.75, 3.05) is 18.0 Å². The number of carbonyl (C=O) groups is 1. The number of rotatable bonds is 3. The van der Waals surface area contributed by atoms with E-state index < -0.39 is 5.60 Å². The number of piperazine rings is 1. The van der Waals surface area contributed by atoms with Gasteiger partial charge >= 0.3 is 6.09 Å². The number of nitrogens with zero attached hydrogens (tertiary/aromatic N) is 3. The van der Waals surface area contributed by atoms with Crippen LogP contribution in [0.2, 0.25) is 0 Å². The molecule has 1 aromatic rings. The molecule has 7 nitrogen and oxygen atoms in total. The van der Waals surface area contributed by atoms with Crippen LogP contribution in [-0.2, 0) is 11.2 Å². The first-order chi connectivity index (χ1) is 11.7. The highest BCUT2D eigenvalue weighted by atomic mass is 16.6. The van der Waals surface area contributed by atoms with Crippen molar-refractivity contribution >= 4 is 17.5 Å². The van der Waals surface area contributed by atoms with E-state index in [0.29, 0.717) is 6.42 Å². The van der Waals surface area contributed by atoms with Crippen LogP contribution in [0.5, 0.6) is 0 Å². The molecule has 2 atom stereocenters. The monoisotopic (exact) mass is 347 g/mol. The Morgan fingerprint density at radius 1 is 1.32 bits per heavy atom. The molecule has 2 unspecified atom stereocenters. The number of piperidine rings is 1. The number of carbonyl (C=O) groups excluding carboxylic acids is 1. The number of nitro groups is 1. The normalized spacial score (nSPS) is 22.4. The topological polar surface area (TPSA) is 75.9 Å². The number of hydrogen-bond acceptors (Lipinski definition) is 5. The first kappa shape index (κ1) is 17.5. The molecule has 0 spiro atoms. The van der Waals surface area contributed by atoms with Gasteiger partial charge in [-0.15, -0.1) is 0 Å². The number of hydrogen-bond donors (Lipinski definition) is 0. The van der Waals surface area contributed by atoms with Gasteiger partial charge in [-0.3, -0.25) is 15.0 Å². The second-order valence-corrected chi connectivity index (χ2v) is 7.76. The van der Waals surface area contributed by atoms with Gasteiger partial charge in [-0.25, -0.2) is 4.79 Å². The van der Waals surface area contributed by atoms with Crippen LogP contribution in [0.3, 0.4) is 0 Å². The minimum absolute atomic E-state index is 0.147. The van der Waals surface area contributed by atoms with Gasteiger partial charge < -0.3 is 9.64 Å². The molecule has 1 aromatic carbocycles. The molecule has 3 aliphatic heterocycles. The van der Waals surface area contributed by atoms with Gasteiger partial charge in [-0.2, -0.15) is 0 Å². The lowest BCUT2D eigenvalue weighted by molar-refractivity contribution is -0.385. The van der Waals surface area contributed by atoms with Crippen molar-refractivity contribution in [1.29, 1.82) is 0 Å². The van der Waals surface area contributed by atoms with Crippen LogP contribution >= 0.6 is 0 Å². The maximum Gasteiger partial charge on any atom is 0.410 e. The van der Waals surface area contributed by atoms with Crippen LogP contribution in [0, 0.1) is 10.1 Å². The Labute approximate surface area is 147 Å². The number of fused-ring (bicyclic) bond motifs is 2. The zero-order valence-electron chi connectivity index (χ0n) is 15.2. The number of anilines is 1. The highest BCUT2D eigenvalue weighted by Gasteiger charge is 2.48. The third-order valence-corrected chi connectivity index (χ3v) is 4.80. The lowest BCUT2D eigenvalue weighted by atomic mass is 9.87. The second kappa shape index (κ2) is 6.20. The molecule has 0 aromatic heterocycles. The van der Waals surface area contributed by atoms with E-state index in [9.17, 15) is 14.9 Å². The van der Waals surface area contributed by atoms with Crippen molar-refractivity contribution in [2.24, 2.45) is 0 Å². The summed E-state index contributed by atoms with van der Waals surface area (Å²) < 4.78 is 5.49. The Morgan fingerprint density at radius 2 is 1.96 bits per heavy atom. The van der Waals surface area contributed by atoms with Crippen LogP contribution in [0.4, 0.5) is 16.2 Å². The molecule has 3 heterocycles. The molecule has 3 saturated heterocycles. The van der Waals surface area contributed by atoms with Crippen LogP contribution in [0.15, 0.2) is 18.2 Å². The molecule has 4 rings (SSSR count). The van der Waals surface area contributed by atoms with Gasteiger partial charge in [0.25, 0.3) is 5.69 Å². The number of nitro benzene ring substituents is 1. The van der Waals surface area contributed by atoms with Crippen LogP contribution in [0.25, 0.3) is 0 Å². The first-order valence-corrected chi connectivity index (χ1v) is 8.73. The molecular formula is C18H25N3O4. The van der Waals surface area contributed by atoms with E-state index in [1.54, 1.807) is 12.1 Å². The molecule has 3 aliphatic rings. The van der Waals surface area contributed by atoms with Crippen molar-refractivity contribution in [1.82, 2.24) is 4.90 Å². The molecule has 0 aliphatic carbocycles. The Hall–Kier alpha value is -2.31. The van der Waals surface area contributed by atoms with Gasteiger partial charge in [0.1, 0.15) is 5.60 Å². The standard InChI is InChI=1S/C18H25N3O4/c1-5-12-8-13(6-7-16(12)21(23)24)19-10-14-9-15(11-19)20(14)17(22)25-18(2,3)4/h6-8,14-15H,5,9-11H2,1-4H3. The Kier molecular flexibility index (Phi) is 4.34. The molecule has 25 heavy (non-hydrogen) atoms. The first-order valence-electron chi connectivity index (χ1n) is 8.73. The van der Waals surface area contributed by atoms with E-state index >= 15 is 0 Å². The van der Waals surface area contributed by atoms with Gasteiger partial charge in [-0.1, -0.05) is 6.92 Å². The maximum atomic E-state index is 12.3. The van der Waals surface area contributed by atoms with Crippen molar-refractivity contribution in [3.05, 3.63) is 33.9 Å². The highest BCUT2D eigenvalue weighted by Crippen LogP contribution is 2.37. The summed E-state index contributed by atoms with van der Waals surface area (Å²) in [5.74, 6) is 0. The lowest BCUT2D eigenvalue weighted by Crippen LogP contribution is -2.70. The predicted octanol–water partition coefficient (Wildman–Crippen LogP) is 3.36. The minimum atomic E-state index is -0.491. The van der Waals surface area contributed by atoms with Gasteiger partial charge in [0.2, 0.25) is 0 Å². The van der Waals surface area contributed by atoms with Crippen LogP contribution in [0.1, 0.15) is 39.7 Å². The van der Waals surface area contributed by atoms with Crippen LogP contribution < -0.4 is 4.90 Å². The average molecular weight is 347 g/mol. The highest BCUT2D eigenvalue weighted by molar-refractivity contribution is 5.71. The Bertz CT molecular complexity index is 686. The van der Waals surface area contributed by atoms with E-state index in [2.05, 4.69) is 4.90 Å². The third kappa shape index (κ3) is 3.41. The number of ether oxygens (including phenoxy) is 1. The molecule has 2 bridgehead atoms. The fourth-order valence-corrected chi connectivity index (χ4v) is 3.66. The number of amides is 1. The zero-order chi connectivity index (χ0) is 18.4. The van der Waals surface area contributed by atoms with Gasteiger partial charge in [0, 0.05) is 30.4 Å². The lowest BCUT2D eigenvalue weighted by Gasteiger charge is -2.56. The van der Waals surface area contributed by atoms with E-state index in [4.69, 9.17) is 4.74 Å². The van der Waals surface area contributed by atoms with Crippen LogP contribution in [-0.4, -0.2) is 46.7 Å². The Morgan fingerprint density at radius 3 is 2.48 bits per heavy atom. The summed E-state index contributed by atoms with van der Waals surface area (Å²) in [6, 6.07) is 5.59. The molecule has 0 saturated carbocycles. The van der Waals surface area contributed by atoms with Crippen molar-refractivity contribution in [3.63, 3.8) is 0 Å². The fraction of sp³-hybridized carbons (Fsp3) is 0.611. The van der Waals surface area contributed by atoms with Crippen molar-refractivity contribution in [2.45, 2.75) is 58.2 Å². The predicted molar refractivity (Wildman–Crippen MR) is 95.0 cm³/mol. The maximum absolute atomic E-state index is 12.3. The largest absolute Gasteiger partial charge is 0.444 e. The molecule has 136 valence electrons. The minimum Gasteiger partial charge on any atom is -0.444 e. The SMILES string of the molecule is CCc1cc(N2CC3CC(C2)N3C(=O)OC(C)(C)C)ccc1[N+](=O)[O-]. The summed E-state index contributed by atoms with van der Waals surface area (Å²) in [6.45, 7) is 9.00. The summed E-state index contributed by atoms with van der Waals surface area (Å²) in [4.78, 5) is 27.1. The van der Waals surface area contributed by atoms with E-state index in [1.165, 1.54) is 0 Å². The quantitative estimate of drug-likeness (QED) is 0.619. The third-order valence-electron chi connectivity index (χ3n) is 4.80. The van der Waals surface area contributed by atoms with E-state index in [-0.39, 0.29) is 28.8 Å². The summed E-state index contributed by atoms with van der Waals surface area (Å²) in [6.07, 6.45) is 1.37. The van der Waals surface area contributed by atoms with Crippen molar-refractivity contribution in [3.8, 4) is 0 Å². The second-order valence-electron chi connectivity index (χ2n) is 7.76. The van der Waals surface area contributed by atoms with Gasteiger partial charge in [-0.05, 0) is 45.7 Å². The summed E-state index contributed by atoms with van der Waals surface area (Å²) in [7, 11) is 0. The summed E-state index contributed by atoms with van der Waals surface area (Å²) in [5.41, 5.74) is 1.41. The number of benzene rings is 1. The Balaban J connectivity index is 1.71. The molecule has 0 radical (unpaired) electrons. The summed E-state index contributed by atoms with van der Waals surface area (Å²) >= 11 is 0. The van der Waals surface area contributed by atoms with E-state index in [0.717, 1.165) is 30.8 Å². The van der Waals surface area contributed by atoms with Gasteiger partial charge in [0.15, 0.2) is 0 Å². The molecule has 7 heteroatoms. The molecular weight excluding hydrogens is 322 g/mol. The molecule has 1 amide bonds. The van der Waals surface area contributed by atoms with Crippen molar-refractivity contribution < 1.29 is 14.5 Å². The smallest absolute Gasteiger partial charge is 0.410 e. The molecule has 3 fully saturated rings.